The lowest BCUT2D eigenvalue weighted by Crippen LogP contribution is -1.91. The van der Waals surface area contributed by atoms with Crippen molar-refractivity contribution in [1.82, 2.24) is 0 Å². The third-order valence-corrected chi connectivity index (χ3v) is 2.61. The van der Waals surface area contributed by atoms with Gasteiger partial charge in [0.1, 0.15) is 5.75 Å². The first-order valence-corrected chi connectivity index (χ1v) is 6.25. The maximum atomic E-state index is 12.4. The maximum absolute atomic E-state index is 12.4. The average Bonchev–Trinajstić information content (AvgIpc) is 2.46. The zero-order valence-corrected chi connectivity index (χ0v) is 11.4. The Bertz CT molecular complexity index is 496. The van der Waals surface area contributed by atoms with E-state index in [1.165, 1.54) is 12.2 Å². The number of benzene rings is 1. The minimum Gasteiger partial charge on any atom is -0.497 e. The molecule has 0 saturated heterocycles. The Hall–Kier alpha value is -2.16. The van der Waals surface area contributed by atoms with Gasteiger partial charge in [0, 0.05) is 5.57 Å². The van der Waals surface area contributed by atoms with Crippen molar-refractivity contribution in [2.24, 2.45) is 0 Å². The van der Waals surface area contributed by atoms with E-state index in [4.69, 9.17) is 4.74 Å². The Balaban J connectivity index is 2.46. The van der Waals surface area contributed by atoms with Crippen LogP contribution in [0.2, 0.25) is 0 Å². The average molecular weight is 276 g/mol. The van der Waals surface area contributed by atoms with Gasteiger partial charge in [0.15, 0.2) is 0 Å². The summed E-state index contributed by atoms with van der Waals surface area (Å²) >= 11 is 0. The number of hydrogen-bond acceptors (Lipinski definition) is 1. The number of allylic oxidation sites excluding steroid dienone is 6. The topological polar surface area (TPSA) is 9.23 Å². The molecule has 3 heteroatoms. The van der Waals surface area contributed by atoms with E-state index in [0.29, 0.717) is 6.42 Å². The first kappa shape index (κ1) is 15.9. The number of rotatable bonds is 7. The van der Waals surface area contributed by atoms with Crippen LogP contribution in [0.4, 0.5) is 8.78 Å². The van der Waals surface area contributed by atoms with E-state index in [1.54, 1.807) is 13.2 Å². The van der Waals surface area contributed by atoms with Crippen molar-refractivity contribution in [1.29, 1.82) is 0 Å². The first-order chi connectivity index (χ1) is 9.67. The van der Waals surface area contributed by atoms with Crippen molar-refractivity contribution >= 4 is 6.08 Å². The van der Waals surface area contributed by atoms with E-state index in [0.717, 1.165) is 11.3 Å². The molecule has 0 N–H and O–H groups in total. The normalized spacial score (nSPS) is 12.5. The fourth-order valence-electron chi connectivity index (χ4n) is 1.49. The van der Waals surface area contributed by atoms with Crippen molar-refractivity contribution in [2.45, 2.75) is 12.8 Å². The lowest BCUT2D eigenvalue weighted by Gasteiger charge is -1.98. The molecule has 1 aromatic rings. The Morgan fingerprint density at radius 1 is 1.25 bits per heavy atom. The van der Waals surface area contributed by atoms with Gasteiger partial charge in [-0.3, -0.25) is 0 Å². The van der Waals surface area contributed by atoms with Crippen LogP contribution < -0.4 is 4.74 Å². The molecule has 0 bridgehead atoms. The Kier molecular flexibility index (Phi) is 7.04. The zero-order valence-electron chi connectivity index (χ0n) is 11.4. The van der Waals surface area contributed by atoms with Gasteiger partial charge in [-0.15, -0.1) is 0 Å². The van der Waals surface area contributed by atoms with Crippen molar-refractivity contribution in [3.63, 3.8) is 0 Å². The molecule has 1 nitrogen and oxygen atoms in total. The van der Waals surface area contributed by atoms with Crippen molar-refractivity contribution < 1.29 is 13.5 Å². The minimum atomic E-state index is -2.48. The van der Waals surface area contributed by atoms with Crippen molar-refractivity contribution in [2.75, 3.05) is 7.11 Å². The Morgan fingerprint density at radius 2 is 1.95 bits per heavy atom. The smallest absolute Gasteiger partial charge is 0.263 e. The van der Waals surface area contributed by atoms with Crippen LogP contribution >= 0.6 is 0 Å². The quantitative estimate of drug-likeness (QED) is 0.634. The summed E-state index contributed by atoms with van der Waals surface area (Å²) in [5, 5.41) is 0. The Morgan fingerprint density at radius 3 is 2.50 bits per heavy atom. The highest BCUT2D eigenvalue weighted by Crippen LogP contribution is 2.12. The number of ether oxygens (including phenoxy) is 1. The van der Waals surface area contributed by atoms with Crippen LogP contribution in [0.25, 0.3) is 6.08 Å². The molecule has 0 aliphatic heterocycles. The SMILES string of the molecule is C=C/C(=C\C=C/C/C=C/c1ccc(OC)cc1)C(F)F. The highest BCUT2D eigenvalue weighted by Gasteiger charge is 2.04. The summed E-state index contributed by atoms with van der Waals surface area (Å²) in [6.45, 7) is 3.34. The van der Waals surface area contributed by atoms with Crippen LogP contribution in [-0.2, 0) is 0 Å². The molecule has 20 heavy (non-hydrogen) atoms. The lowest BCUT2D eigenvalue weighted by atomic mass is 10.2. The molecule has 0 spiro atoms. The second-order valence-electron chi connectivity index (χ2n) is 4.01. The molecule has 106 valence electrons. The molecule has 1 aromatic carbocycles. The molecule has 0 aliphatic rings. The van der Waals surface area contributed by atoms with E-state index < -0.39 is 6.43 Å². The highest BCUT2D eigenvalue weighted by molar-refractivity contribution is 5.50. The molecule has 0 heterocycles. The van der Waals surface area contributed by atoms with Crippen LogP contribution in [0, 0.1) is 0 Å². The van der Waals surface area contributed by atoms with Gasteiger partial charge in [-0.25, -0.2) is 8.78 Å². The van der Waals surface area contributed by atoms with E-state index in [1.807, 2.05) is 42.5 Å². The fourth-order valence-corrected chi connectivity index (χ4v) is 1.49. The molecule has 0 aromatic heterocycles. The van der Waals surface area contributed by atoms with Gasteiger partial charge in [0.25, 0.3) is 6.43 Å². The molecule has 1 rings (SSSR count). The van der Waals surface area contributed by atoms with E-state index >= 15 is 0 Å². The number of alkyl halides is 2. The third-order valence-electron chi connectivity index (χ3n) is 2.61. The van der Waals surface area contributed by atoms with Crippen LogP contribution in [0.5, 0.6) is 5.75 Å². The second kappa shape index (κ2) is 8.86. The second-order valence-corrected chi connectivity index (χ2v) is 4.01. The van der Waals surface area contributed by atoms with Gasteiger partial charge >= 0.3 is 0 Å². The van der Waals surface area contributed by atoms with E-state index in [9.17, 15) is 8.78 Å². The molecule has 0 aliphatic carbocycles. The molecule has 0 unspecified atom stereocenters. The summed E-state index contributed by atoms with van der Waals surface area (Å²) in [5.41, 5.74) is 0.995. The van der Waals surface area contributed by atoms with Crippen LogP contribution in [-0.4, -0.2) is 13.5 Å². The van der Waals surface area contributed by atoms with Gasteiger partial charge in [0.05, 0.1) is 7.11 Å². The van der Waals surface area contributed by atoms with Gasteiger partial charge < -0.3 is 4.74 Å². The fraction of sp³-hybridized carbons (Fsp3) is 0.176. The van der Waals surface area contributed by atoms with Crippen LogP contribution in [0.1, 0.15) is 12.0 Å². The number of methoxy groups -OCH3 is 1. The predicted molar refractivity (Wildman–Crippen MR) is 80.1 cm³/mol. The van der Waals surface area contributed by atoms with Gasteiger partial charge in [-0.2, -0.15) is 0 Å². The standard InChI is InChI=1S/C17H18F2O/c1-3-15(17(18)19)9-7-5-4-6-8-14-10-12-16(20-2)13-11-14/h3,5-13,17H,1,4H2,2H3/b7-5-,8-6+,15-9+. The highest BCUT2D eigenvalue weighted by atomic mass is 19.3. The molecule has 0 radical (unpaired) electrons. The molecule has 0 atom stereocenters. The van der Waals surface area contributed by atoms with Crippen LogP contribution in [0.15, 0.2) is 66.8 Å². The summed E-state index contributed by atoms with van der Waals surface area (Å²) in [5.74, 6) is 0.816. The van der Waals surface area contributed by atoms with Gasteiger partial charge in [-0.1, -0.05) is 55.2 Å². The summed E-state index contributed by atoms with van der Waals surface area (Å²) in [6, 6.07) is 7.67. The molecular formula is C17H18F2O. The van der Waals surface area contributed by atoms with Gasteiger partial charge in [0.2, 0.25) is 0 Å². The summed E-state index contributed by atoms with van der Waals surface area (Å²) in [6.07, 6.45) is 8.09. The number of hydrogen-bond donors (Lipinski definition) is 0. The Labute approximate surface area is 118 Å². The monoisotopic (exact) mass is 276 g/mol. The first-order valence-electron chi connectivity index (χ1n) is 6.25. The molecule has 0 saturated carbocycles. The molecule has 0 fully saturated rings. The third kappa shape index (κ3) is 5.65. The number of halogens is 2. The maximum Gasteiger partial charge on any atom is 0.263 e. The largest absolute Gasteiger partial charge is 0.497 e. The van der Waals surface area contributed by atoms with E-state index in [2.05, 4.69) is 6.58 Å². The lowest BCUT2D eigenvalue weighted by molar-refractivity contribution is 0.194. The summed E-state index contributed by atoms with van der Waals surface area (Å²) < 4.78 is 29.8. The summed E-state index contributed by atoms with van der Waals surface area (Å²) in [4.78, 5) is 0. The predicted octanol–water partition coefficient (Wildman–Crippen LogP) is 5.03. The van der Waals surface area contributed by atoms with Crippen LogP contribution in [0.3, 0.4) is 0 Å². The van der Waals surface area contributed by atoms with Crippen molar-refractivity contribution in [3.8, 4) is 5.75 Å². The summed E-state index contributed by atoms with van der Waals surface area (Å²) in [7, 11) is 1.63. The molecule has 0 amide bonds. The minimum absolute atomic E-state index is 0.0691. The van der Waals surface area contributed by atoms with E-state index in [-0.39, 0.29) is 5.57 Å². The van der Waals surface area contributed by atoms with Gasteiger partial charge in [-0.05, 0) is 24.1 Å². The van der Waals surface area contributed by atoms with Crippen molar-refractivity contribution in [3.05, 3.63) is 72.4 Å². The zero-order chi connectivity index (χ0) is 14.8. The molecular weight excluding hydrogens is 258 g/mol.